The first kappa shape index (κ1) is 18.5. The number of hydrogen-bond donors (Lipinski definition) is 2. The van der Waals surface area contributed by atoms with Crippen molar-refractivity contribution in [3.05, 3.63) is 38.4 Å². The van der Waals surface area contributed by atoms with Crippen LogP contribution in [0.2, 0.25) is 0 Å². The van der Waals surface area contributed by atoms with Gasteiger partial charge in [0.25, 0.3) is 11.4 Å². The van der Waals surface area contributed by atoms with Crippen molar-refractivity contribution in [3.8, 4) is 11.5 Å². The summed E-state index contributed by atoms with van der Waals surface area (Å²) in [6.45, 7) is 6.40. The van der Waals surface area contributed by atoms with Gasteiger partial charge in [-0.2, -0.15) is 4.98 Å². The molecule has 0 saturated heterocycles. The van der Waals surface area contributed by atoms with Gasteiger partial charge in [-0.15, -0.1) is 0 Å². The number of hydrogen-bond acceptors (Lipinski definition) is 7. The van der Waals surface area contributed by atoms with Crippen LogP contribution in [-0.4, -0.2) is 24.7 Å². The highest BCUT2D eigenvalue weighted by atomic mass is 16.5. The minimum absolute atomic E-state index is 0.0856. The van der Waals surface area contributed by atoms with Gasteiger partial charge in [0.05, 0.1) is 16.5 Å². The number of rotatable bonds is 5. The van der Waals surface area contributed by atoms with E-state index >= 15 is 0 Å². The van der Waals surface area contributed by atoms with E-state index in [0.717, 1.165) is 31.4 Å². The fraction of sp³-hybridized carbons (Fsp3) is 0.526. The van der Waals surface area contributed by atoms with Gasteiger partial charge in [0.1, 0.15) is 0 Å². The summed E-state index contributed by atoms with van der Waals surface area (Å²) in [5.41, 5.74) is 6.30. The molecule has 0 atom stereocenters. The van der Waals surface area contributed by atoms with Gasteiger partial charge >= 0.3 is 5.69 Å². The van der Waals surface area contributed by atoms with Gasteiger partial charge in [-0.25, -0.2) is 9.78 Å². The molecule has 0 unspecified atom stereocenters. The number of aryl methyl sites for hydroxylation is 1. The summed E-state index contributed by atoms with van der Waals surface area (Å²) in [7, 11) is 0. The molecule has 3 aromatic rings. The molecule has 0 amide bonds. The number of aromatic nitrogens is 5. The van der Waals surface area contributed by atoms with Crippen molar-refractivity contribution in [2.75, 3.05) is 0 Å². The molecule has 148 valence electrons. The molecule has 0 radical (unpaired) electrons. The monoisotopic (exact) mass is 384 g/mol. The fourth-order valence-electron chi connectivity index (χ4n) is 3.51. The van der Waals surface area contributed by atoms with Crippen molar-refractivity contribution in [1.82, 2.24) is 24.7 Å². The maximum atomic E-state index is 12.7. The normalized spacial score (nSPS) is 15.9. The van der Waals surface area contributed by atoms with Gasteiger partial charge in [-0.3, -0.25) is 14.3 Å². The summed E-state index contributed by atoms with van der Waals surface area (Å²) in [5.74, 6) is 0.749. The zero-order chi connectivity index (χ0) is 20.1. The van der Waals surface area contributed by atoms with Crippen LogP contribution in [0.4, 0.5) is 0 Å². The van der Waals surface area contributed by atoms with Gasteiger partial charge in [0.2, 0.25) is 0 Å². The summed E-state index contributed by atoms with van der Waals surface area (Å²) in [4.78, 5) is 36.5. The predicted molar refractivity (Wildman–Crippen MR) is 104 cm³/mol. The van der Waals surface area contributed by atoms with E-state index < -0.39 is 16.8 Å². The van der Waals surface area contributed by atoms with Crippen molar-refractivity contribution in [1.29, 1.82) is 0 Å². The molecule has 1 saturated carbocycles. The van der Waals surface area contributed by atoms with Crippen molar-refractivity contribution < 1.29 is 4.52 Å². The largest absolute Gasteiger partial charge is 0.334 e. The Kier molecular flexibility index (Phi) is 4.41. The summed E-state index contributed by atoms with van der Waals surface area (Å²) in [6.07, 6.45) is 3.36. The first-order valence-electron chi connectivity index (χ1n) is 9.65. The van der Waals surface area contributed by atoms with Gasteiger partial charge in [0, 0.05) is 12.2 Å². The van der Waals surface area contributed by atoms with Crippen LogP contribution in [0.3, 0.4) is 0 Å². The zero-order valence-electron chi connectivity index (χ0n) is 16.3. The number of H-pyrrole nitrogens is 1. The Morgan fingerprint density at radius 2 is 2.07 bits per heavy atom. The third-order valence-electron chi connectivity index (χ3n) is 5.35. The number of nitrogens with two attached hydrogens (primary N) is 1. The van der Waals surface area contributed by atoms with E-state index in [1.165, 1.54) is 4.57 Å². The molecular formula is C19H24N6O3. The zero-order valence-corrected chi connectivity index (χ0v) is 16.3. The second-order valence-corrected chi connectivity index (χ2v) is 7.79. The standard InChI is InChI=1S/C19H24N6O3/c1-4-8-25-14-13(15(26)22-18(25)27)11(9-12(21-14)10(2)3)16-23-17(24-28-16)19(20)6-5-7-19/h9-10H,4-8,20H2,1-3H3,(H,22,26,27). The van der Waals surface area contributed by atoms with Gasteiger partial charge in [-0.05, 0) is 37.7 Å². The SMILES string of the molecule is CCCn1c(=O)[nH]c(=O)c2c(-c3nc(C4(N)CCC4)no3)cc(C(C)C)nc21. The summed E-state index contributed by atoms with van der Waals surface area (Å²) < 4.78 is 6.98. The number of pyridine rings is 1. The summed E-state index contributed by atoms with van der Waals surface area (Å²) in [6, 6.07) is 1.78. The molecule has 9 heteroatoms. The highest BCUT2D eigenvalue weighted by Crippen LogP contribution is 2.38. The van der Waals surface area contributed by atoms with Crippen LogP contribution in [0.25, 0.3) is 22.5 Å². The van der Waals surface area contributed by atoms with Crippen LogP contribution in [0.15, 0.2) is 20.2 Å². The van der Waals surface area contributed by atoms with Crippen LogP contribution in [0, 0.1) is 0 Å². The lowest BCUT2D eigenvalue weighted by Gasteiger charge is -2.34. The first-order valence-corrected chi connectivity index (χ1v) is 9.65. The van der Waals surface area contributed by atoms with E-state index in [-0.39, 0.29) is 17.2 Å². The second-order valence-electron chi connectivity index (χ2n) is 7.79. The van der Waals surface area contributed by atoms with Crippen LogP contribution in [-0.2, 0) is 12.1 Å². The van der Waals surface area contributed by atoms with Crippen molar-refractivity contribution in [3.63, 3.8) is 0 Å². The topological polar surface area (TPSA) is 133 Å². The Balaban J connectivity index is 2.01. The fourth-order valence-corrected chi connectivity index (χ4v) is 3.51. The minimum Gasteiger partial charge on any atom is -0.334 e. The predicted octanol–water partition coefficient (Wildman–Crippen LogP) is 2.01. The molecule has 1 aliphatic rings. The van der Waals surface area contributed by atoms with E-state index in [1.807, 2.05) is 20.8 Å². The number of fused-ring (bicyclic) bond motifs is 1. The highest BCUT2D eigenvalue weighted by molar-refractivity contribution is 5.90. The smallest absolute Gasteiger partial charge is 0.329 e. The third-order valence-corrected chi connectivity index (χ3v) is 5.35. The lowest BCUT2D eigenvalue weighted by molar-refractivity contribution is 0.229. The van der Waals surface area contributed by atoms with Crippen molar-refractivity contribution >= 4 is 11.0 Å². The Morgan fingerprint density at radius 3 is 2.68 bits per heavy atom. The molecule has 0 bridgehead atoms. The molecule has 1 aliphatic carbocycles. The maximum absolute atomic E-state index is 12.7. The van der Waals surface area contributed by atoms with Gasteiger partial charge in [-0.1, -0.05) is 25.9 Å². The van der Waals surface area contributed by atoms with E-state index in [9.17, 15) is 9.59 Å². The molecule has 0 aliphatic heterocycles. The number of nitrogens with zero attached hydrogens (tertiary/aromatic N) is 4. The van der Waals surface area contributed by atoms with E-state index in [1.54, 1.807) is 6.07 Å². The molecule has 3 N–H and O–H groups in total. The molecule has 1 fully saturated rings. The number of nitrogens with one attached hydrogen (secondary N) is 1. The third kappa shape index (κ3) is 2.86. The van der Waals surface area contributed by atoms with Crippen molar-refractivity contribution in [2.24, 2.45) is 5.73 Å². The molecule has 4 rings (SSSR count). The Bertz CT molecular complexity index is 1150. The van der Waals surface area contributed by atoms with Crippen LogP contribution in [0.1, 0.15) is 63.9 Å². The summed E-state index contributed by atoms with van der Waals surface area (Å²) in [5, 5.41) is 4.33. The molecule has 9 nitrogen and oxygen atoms in total. The molecule has 0 aromatic carbocycles. The van der Waals surface area contributed by atoms with Gasteiger partial charge in [0.15, 0.2) is 11.5 Å². The van der Waals surface area contributed by atoms with Crippen LogP contribution >= 0.6 is 0 Å². The van der Waals surface area contributed by atoms with E-state index in [0.29, 0.717) is 23.6 Å². The average Bonchev–Trinajstić information content (AvgIpc) is 3.12. The Hall–Kier alpha value is -2.81. The molecule has 3 aromatic heterocycles. The molecule has 28 heavy (non-hydrogen) atoms. The minimum atomic E-state index is -0.567. The first-order chi connectivity index (χ1) is 13.3. The Morgan fingerprint density at radius 1 is 1.32 bits per heavy atom. The lowest BCUT2D eigenvalue weighted by Crippen LogP contribution is -2.44. The van der Waals surface area contributed by atoms with Crippen molar-refractivity contribution in [2.45, 2.75) is 64.5 Å². The summed E-state index contributed by atoms with van der Waals surface area (Å²) >= 11 is 0. The quantitative estimate of drug-likeness (QED) is 0.687. The number of aromatic amines is 1. The van der Waals surface area contributed by atoms with Crippen LogP contribution in [0.5, 0.6) is 0 Å². The average molecular weight is 384 g/mol. The van der Waals surface area contributed by atoms with E-state index in [2.05, 4.69) is 20.1 Å². The Labute approximate surface area is 161 Å². The molecular weight excluding hydrogens is 360 g/mol. The van der Waals surface area contributed by atoms with E-state index in [4.69, 9.17) is 10.3 Å². The molecule has 3 heterocycles. The maximum Gasteiger partial charge on any atom is 0.329 e. The highest BCUT2D eigenvalue weighted by Gasteiger charge is 2.39. The van der Waals surface area contributed by atoms with Gasteiger partial charge < -0.3 is 10.3 Å². The molecule has 0 spiro atoms. The lowest BCUT2D eigenvalue weighted by atomic mass is 9.77. The van der Waals surface area contributed by atoms with Crippen LogP contribution < -0.4 is 17.0 Å². The second kappa shape index (κ2) is 6.66.